The molecule has 23 heavy (non-hydrogen) atoms. The van der Waals surface area contributed by atoms with Crippen molar-refractivity contribution in [2.45, 2.75) is 6.42 Å². The van der Waals surface area contributed by atoms with E-state index in [-0.39, 0.29) is 18.2 Å². The quantitative estimate of drug-likeness (QED) is 0.685. The summed E-state index contributed by atoms with van der Waals surface area (Å²) in [4.78, 5) is 27.1. The van der Waals surface area contributed by atoms with Gasteiger partial charge in [-0.25, -0.2) is 4.79 Å². The zero-order valence-corrected chi connectivity index (χ0v) is 12.7. The van der Waals surface area contributed by atoms with Crippen LogP contribution in [0.25, 0.3) is 11.0 Å². The number of anilines is 1. The summed E-state index contributed by atoms with van der Waals surface area (Å²) in [6.45, 7) is 0.00871. The van der Waals surface area contributed by atoms with E-state index in [1.165, 1.54) is 4.57 Å². The maximum absolute atomic E-state index is 12.6. The van der Waals surface area contributed by atoms with Crippen LogP contribution in [0, 0.1) is 0 Å². The minimum Gasteiger partial charge on any atom is -0.396 e. The number of nitrogens with one attached hydrogen (secondary N) is 2. The summed E-state index contributed by atoms with van der Waals surface area (Å²) in [6, 6.07) is 12.5. The highest BCUT2D eigenvalue weighted by molar-refractivity contribution is 6.11. The molecule has 0 aliphatic carbocycles. The zero-order valence-electron chi connectivity index (χ0n) is 12.7. The summed E-state index contributed by atoms with van der Waals surface area (Å²) in [5.41, 5.74) is 2.86. The van der Waals surface area contributed by atoms with Crippen molar-refractivity contribution in [2.24, 2.45) is 7.05 Å². The Labute approximate surface area is 132 Å². The monoisotopic (exact) mass is 311 g/mol. The number of rotatable bonds is 4. The van der Waals surface area contributed by atoms with Crippen molar-refractivity contribution in [3.8, 4) is 0 Å². The smallest absolute Gasteiger partial charge is 0.326 e. The van der Waals surface area contributed by atoms with E-state index in [0.29, 0.717) is 28.7 Å². The summed E-state index contributed by atoms with van der Waals surface area (Å²) in [5, 5.41) is 12.0. The molecular weight excluding hydrogens is 294 g/mol. The zero-order chi connectivity index (χ0) is 16.4. The Morgan fingerprint density at radius 1 is 1.22 bits per heavy atom. The fourth-order valence-electron chi connectivity index (χ4n) is 2.66. The van der Waals surface area contributed by atoms with Crippen molar-refractivity contribution in [1.82, 2.24) is 9.55 Å². The number of aromatic nitrogens is 2. The molecule has 6 nitrogen and oxygen atoms in total. The first kappa shape index (κ1) is 15.1. The van der Waals surface area contributed by atoms with Crippen molar-refractivity contribution >= 4 is 22.6 Å². The van der Waals surface area contributed by atoms with E-state index < -0.39 is 0 Å². The van der Waals surface area contributed by atoms with Gasteiger partial charge in [0.05, 0.1) is 16.6 Å². The Hall–Kier alpha value is -2.86. The molecule has 0 spiro atoms. The maximum Gasteiger partial charge on any atom is 0.326 e. The van der Waals surface area contributed by atoms with E-state index in [9.17, 15) is 9.59 Å². The second-order valence-electron chi connectivity index (χ2n) is 5.28. The summed E-state index contributed by atoms with van der Waals surface area (Å²) >= 11 is 0. The molecule has 0 saturated heterocycles. The number of carbonyl (C=O) groups is 1. The maximum atomic E-state index is 12.6. The third-order valence-electron chi connectivity index (χ3n) is 3.81. The van der Waals surface area contributed by atoms with Gasteiger partial charge in [0.15, 0.2) is 0 Å². The van der Waals surface area contributed by atoms with Crippen molar-refractivity contribution in [3.63, 3.8) is 0 Å². The predicted molar refractivity (Wildman–Crippen MR) is 88.7 cm³/mol. The highest BCUT2D eigenvalue weighted by atomic mass is 16.3. The number of aliphatic hydroxyl groups is 1. The average Bonchev–Trinajstić information content (AvgIpc) is 2.84. The van der Waals surface area contributed by atoms with Gasteiger partial charge < -0.3 is 15.4 Å². The molecule has 0 fully saturated rings. The van der Waals surface area contributed by atoms with E-state index in [1.807, 2.05) is 18.2 Å². The molecule has 0 bridgehead atoms. The van der Waals surface area contributed by atoms with Crippen LogP contribution in [0.4, 0.5) is 5.69 Å². The second-order valence-corrected chi connectivity index (χ2v) is 5.28. The minimum atomic E-state index is -0.296. The van der Waals surface area contributed by atoms with Crippen LogP contribution >= 0.6 is 0 Å². The van der Waals surface area contributed by atoms with E-state index in [0.717, 1.165) is 5.56 Å². The predicted octanol–water partition coefficient (Wildman–Crippen LogP) is 1.65. The van der Waals surface area contributed by atoms with Crippen molar-refractivity contribution < 1.29 is 9.90 Å². The molecule has 0 unspecified atom stereocenters. The van der Waals surface area contributed by atoms with E-state index in [4.69, 9.17) is 5.11 Å². The van der Waals surface area contributed by atoms with Crippen LogP contribution in [0.1, 0.15) is 15.9 Å². The number of amides is 1. The van der Waals surface area contributed by atoms with Crippen LogP contribution in [0.3, 0.4) is 0 Å². The average molecular weight is 311 g/mol. The van der Waals surface area contributed by atoms with Gasteiger partial charge in [-0.1, -0.05) is 24.3 Å². The second kappa shape index (κ2) is 6.10. The number of hydrogen-bond acceptors (Lipinski definition) is 3. The minimum absolute atomic E-state index is 0.00871. The molecule has 1 aromatic heterocycles. The van der Waals surface area contributed by atoms with Gasteiger partial charge in [-0.3, -0.25) is 9.36 Å². The summed E-state index contributed by atoms with van der Waals surface area (Å²) in [6.07, 6.45) is 0.462. The molecule has 0 saturated carbocycles. The first-order valence-electron chi connectivity index (χ1n) is 7.29. The number of aliphatic hydroxyl groups excluding tert-OH is 1. The fourth-order valence-corrected chi connectivity index (χ4v) is 2.66. The highest BCUT2D eigenvalue weighted by Crippen LogP contribution is 2.20. The molecule has 3 N–H and O–H groups in total. The number of hydrogen-bond donors (Lipinski definition) is 3. The number of benzene rings is 2. The molecule has 0 radical (unpaired) electrons. The molecule has 1 heterocycles. The Bertz CT molecular complexity index is 924. The van der Waals surface area contributed by atoms with Gasteiger partial charge in [0.1, 0.15) is 0 Å². The van der Waals surface area contributed by atoms with Gasteiger partial charge in [-0.15, -0.1) is 0 Å². The standard InChI is InChI=1S/C17H17N3O3/c1-20-15-12(6-4-8-14(15)19-17(20)23)16(22)18-13-7-3-2-5-11(13)9-10-21/h2-8,21H,9-10H2,1H3,(H,18,22)(H,19,23). The number of carbonyl (C=O) groups excluding carboxylic acids is 1. The van der Waals surface area contributed by atoms with Crippen molar-refractivity contribution in [1.29, 1.82) is 0 Å². The van der Waals surface area contributed by atoms with Gasteiger partial charge in [0, 0.05) is 19.3 Å². The van der Waals surface area contributed by atoms with Crippen LogP contribution in [-0.4, -0.2) is 27.2 Å². The number of imidazole rings is 1. The molecule has 0 aliphatic heterocycles. The van der Waals surface area contributed by atoms with Gasteiger partial charge in [0.25, 0.3) is 5.91 Å². The van der Waals surface area contributed by atoms with Crippen molar-refractivity contribution in [3.05, 3.63) is 64.1 Å². The third-order valence-corrected chi connectivity index (χ3v) is 3.81. The Balaban J connectivity index is 2.01. The van der Waals surface area contributed by atoms with Crippen LogP contribution in [0.2, 0.25) is 0 Å². The number of para-hydroxylation sites is 2. The van der Waals surface area contributed by atoms with Gasteiger partial charge >= 0.3 is 5.69 Å². The Morgan fingerprint density at radius 3 is 2.78 bits per heavy atom. The number of fused-ring (bicyclic) bond motifs is 1. The molecule has 0 aliphatic rings. The molecule has 118 valence electrons. The van der Waals surface area contributed by atoms with Crippen LogP contribution < -0.4 is 11.0 Å². The molecule has 3 rings (SSSR count). The molecule has 0 atom stereocenters. The van der Waals surface area contributed by atoms with E-state index in [1.54, 1.807) is 31.3 Å². The van der Waals surface area contributed by atoms with E-state index in [2.05, 4.69) is 10.3 Å². The van der Waals surface area contributed by atoms with Crippen LogP contribution in [0.5, 0.6) is 0 Å². The summed E-state index contributed by atoms with van der Waals surface area (Å²) in [5.74, 6) is -0.296. The molecule has 1 amide bonds. The summed E-state index contributed by atoms with van der Waals surface area (Å²) in [7, 11) is 1.62. The number of H-pyrrole nitrogens is 1. The molecule has 3 aromatic rings. The molecule has 2 aromatic carbocycles. The first-order valence-corrected chi connectivity index (χ1v) is 7.29. The number of aryl methyl sites for hydroxylation is 1. The topological polar surface area (TPSA) is 87.1 Å². The van der Waals surface area contributed by atoms with Crippen LogP contribution in [0.15, 0.2) is 47.3 Å². The summed E-state index contributed by atoms with van der Waals surface area (Å²) < 4.78 is 1.42. The third kappa shape index (κ3) is 2.76. The lowest BCUT2D eigenvalue weighted by Crippen LogP contribution is -2.17. The number of aromatic amines is 1. The van der Waals surface area contributed by atoms with Crippen LogP contribution in [-0.2, 0) is 13.5 Å². The highest BCUT2D eigenvalue weighted by Gasteiger charge is 2.15. The Kier molecular flexibility index (Phi) is 3.99. The van der Waals surface area contributed by atoms with Gasteiger partial charge in [0.2, 0.25) is 0 Å². The lowest BCUT2D eigenvalue weighted by Gasteiger charge is -2.11. The number of nitrogens with zero attached hydrogens (tertiary/aromatic N) is 1. The SMILES string of the molecule is Cn1c(=O)[nH]c2cccc(C(=O)Nc3ccccc3CCO)c21. The lowest BCUT2D eigenvalue weighted by atomic mass is 10.1. The van der Waals surface area contributed by atoms with Crippen molar-refractivity contribution in [2.75, 3.05) is 11.9 Å². The van der Waals surface area contributed by atoms with Gasteiger partial charge in [-0.05, 0) is 30.2 Å². The fraction of sp³-hybridized carbons (Fsp3) is 0.176. The first-order chi connectivity index (χ1) is 11.1. The van der Waals surface area contributed by atoms with E-state index >= 15 is 0 Å². The largest absolute Gasteiger partial charge is 0.396 e. The Morgan fingerprint density at radius 2 is 2.00 bits per heavy atom. The molecular formula is C17H17N3O3. The molecule has 6 heteroatoms. The van der Waals surface area contributed by atoms with Gasteiger partial charge in [-0.2, -0.15) is 0 Å². The lowest BCUT2D eigenvalue weighted by molar-refractivity contribution is 0.102. The normalized spacial score (nSPS) is 10.9.